The van der Waals surface area contributed by atoms with E-state index in [1.54, 1.807) is 12.1 Å². The van der Waals surface area contributed by atoms with E-state index in [2.05, 4.69) is 4.72 Å². The van der Waals surface area contributed by atoms with Crippen LogP contribution in [-0.4, -0.2) is 32.7 Å². The van der Waals surface area contributed by atoms with Crippen LogP contribution in [0.5, 0.6) is 11.5 Å². The Morgan fingerprint density at radius 3 is 2.32 bits per heavy atom. The van der Waals surface area contributed by atoms with Gasteiger partial charge in [0, 0.05) is 11.8 Å². The number of fused-ring (bicyclic) bond motifs is 1. The number of aryl methyl sites for hydroxylation is 2. The van der Waals surface area contributed by atoms with Gasteiger partial charge in [0.2, 0.25) is 0 Å². The van der Waals surface area contributed by atoms with Crippen molar-refractivity contribution in [2.24, 2.45) is 0 Å². The van der Waals surface area contributed by atoms with Crippen LogP contribution >= 0.6 is 0 Å². The molecule has 0 fully saturated rings. The SMILES string of the molecule is Cc1cc(C)cc(NS(=O)(=O)c2cc3c(c(C(=O)O)c2)OCCO3)c1. The monoisotopic (exact) mass is 363 g/mol. The smallest absolute Gasteiger partial charge is 0.339 e. The normalized spacial score (nSPS) is 13.4. The van der Waals surface area contributed by atoms with E-state index in [4.69, 9.17) is 9.47 Å². The highest BCUT2D eigenvalue weighted by atomic mass is 32.2. The zero-order valence-corrected chi connectivity index (χ0v) is 14.5. The van der Waals surface area contributed by atoms with Crippen molar-refractivity contribution in [2.75, 3.05) is 17.9 Å². The molecular formula is C17H17NO6S. The van der Waals surface area contributed by atoms with Gasteiger partial charge in [-0.15, -0.1) is 0 Å². The fraction of sp³-hybridized carbons (Fsp3) is 0.235. The van der Waals surface area contributed by atoms with Gasteiger partial charge in [0.1, 0.15) is 18.8 Å². The first-order chi connectivity index (χ1) is 11.8. The largest absolute Gasteiger partial charge is 0.486 e. The van der Waals surface area contributed by atoms with Crippen molar-refractivity contribution in [3.63, 3.8) is 0 Å². The highest BCUT2D eigenvalue weighted by Gasteiger charge is 2.26. The number of carboxylic acid groups (broad SMARTS) is 1. The summed E-state index contributed by atoms with van der Waals surface area (Å²) in [5.74, 6) is -1.14. The summed E-state index contributed by atoms with van der Waals surface area (Å²) in [6, 6.07) is 7.65. The molecule has 0 aromatic heterocycles. The molecule has 0 spiro atoms. The molecule has 0 saturated heterocycles. The number of sulfonamides is 1. The van der Waals surface area contributed by atoms with Gasteiger partial charge in [0.15, 0.2) is 11.5 Å². The van der Waals surface area contributed by atoms with Crippen molar-refractivity contribution in [2.45, 2.75) is 18.7 Å². The number of nitrogens with one attached hydrogen (secondary N) is 1. The van der Waals surface area contributed by atoms with Crippen LogP contribution in [0.2, 0.25) is 0 Å². The molecule has 1 aliphatic heterocycles. The van der Waals surface area contributed by atoms with Crippen molar-refractivity contribution < 1.29 is 27.8 Å². The van der Waals surface area contributed by atoms with Crippen LogP contribution < -0.4 is 14.2 Å². The van der Waals surface area contributed by atoms with Crippen LogP contribution in [0.3, 0.4) is 0 Å². The molecule has 1 heterocycles. The molecule has 132 valence electrons. The van der Waals surface area contributed by atoms with Gasteiger partial charge in [0.25, 0.3) is 10.0 Å². The molecule has 25 heavy (non-hydrogen) atoms. The summed E-state index contributed by atoms with van der Waals surface area (Å²) in [6.07, 6.45) is 0. The standard InChI is InChI=1S/C17H17NO6S/c1-10-5-11(2)7-12(6-10)18-25(21,22)13-8-14(17(19)20)16-15(9-13)23-3-4-24-16/h5-9,18H,3-4H2,1-2H3,(H,19,20). The first-order valence-corrected chi connectivity index (χ1v) is 9.02. The second-order valence-electron chi connectivity index (χ2n) is 5.78. The van der Waals surface area contributed by atoms with E-state index in [-0.39, 0.29) is 35.2 Å². The van der Waals surface area contributed by atoms with Crippen LogP contribution in [-0.2, 0) is 10.0 Å². The van der Waals surface area contributed by atoms with E-state index in [1.165, 1.54) is 6.07 Å². The number of hydrogen-bond acceptors (Lipinski definition) is 5. The van der Waals surface area contributed by atoms with Gasteiger partial charge in [-0.3, -0.25) is 4.72 Å². The van der Waals surface area contributed by atoms with Gasteiger partial charge >= 0.3 is 5.97 Å². The average Bonchev–Trinajstić information content (AvgIpc) is 2.52. The number of hydrogen-bond donors (Lipinski definition) is 2. The molecule has 0 unspecified atom stereocenters. The second-order valence-corrected chi connectivity index (χ2v) is 7.46. The Morgan fingerprint density at radius 1 is 1.04 bits per heavy atom. The third-order valence-corrected chi connectivity index (χ3v) is 4.99. The third kappa shape index (κ3) is 3.53. The van der Waals surface area contributed by atoms with Gasteiger partial charge in [-0.1, -0.05) is 6.07 Å². The Balaban J connectivity index is 2.05. The summed E-state index contributed by atoms with van der Waals surface area (Å²) in [6.45, 7) is 4.15. The molecule has 0 radical (unpaired) electrons. The van der Waals surface area contributed by atoms with E-state index in [0.717, 1.165) is 17.2 Å². The Hall–Kier alpha value is -2.74. The maximum absolute atomic E-state index is 12.7. The summed E-state index contributed by atoms with van der Waals surface area (Å²) < 4.78 is 38.5. The second kappa shape index (κ2) is 6.29. The number of anilines is 1. The number of ether oxygens (including phenoxy) is 2. The molecular weight excluding hydrogens is 346 g/mol. The molecule has 7 nitrogen and oxygen atoms in total. The molecule has 0 bridgehead atoms. The van der Waals surface area contributed by atoms with Gasteiger partial charge in [0.05, 0.1) is 4.90 Å². The zero-order valence-electron chi connectivity index (χ0n) is 13.7. The van der Waals surface area contributed by atoms with Crippen molar-refractivity contribution in [3.05, 3.63) is 47.0 Å². The molecule has 2 aromatic rings. The fourth-order valence-electron chi connectivity index (χ4n) is 2.69. The lowest BCUT2D eigenvalue weighted by Gasteiger charge is -2.21. The molecule has 2 N–H and O–H groups in total. The van der Waals surface area contributed by atoms with Crippen LogP contribution in [0.4, 0.5) is 5.69 Å². The molecule has 0 saturated carbocycles. The molecule has 8 heteroatoms. The predicted octanol–water partition coefficient (Wildman–Crippen LogP) is 2.57. The van der Waals surface area contributed by atoms with E-state index < -0.39 is 16.0 Å². The predicted molar refractivity (Wildman–Crippen MR) is 91.1 cm³/mol. The first-order valence-electron chi connectivity index (χ1n) is 7.54. The number of aromatic carboxylic acids is 1. The molecule has 2 aromatic carbocycles. The van der Waals surface area contributed by atoms with Gasteiger partial charge < -0.3 is 14.6 Å². The maximum atomic E-state index is 12.7. The molecule has 3 rings (SSSR count). The highest BCUT2D eigenvalue weighted by molar-refractivity contribution is 7.92. The van der Waals surface area contributed by atoms with E-state index in [0.29, 0.717) is 5.69 Å². The minimum atomic E-state index is -3.99. The summed E-state index contributed by atoms with van der Waals surface area (Å²) in [7, 11) is -3.99. The number of benzene rings is 2. The van der Waals surface area contributed by atoms with Crippen molar-refractivity contribution in [1.82, 2.24) is 0 Å². The van der Waals surface area contributed by atoms with E-state index >= 15 is 0 Å². The van der Waals surface area contributed by atoms with Crippen LogP contribution in [0.1, 0.15) is 21.5 Å². The summed E-state index contributed by atoms with van der Waals surface area (Å²) in [4.78, 5) is 11.2. The maximum Gasteiger partial charge on any atom is 0.339 e. The van der Waals surface area contributed by atoms with Crippen molar-refractivity contribution in [3.8, 4) is 11.5 Å². The summed E-state index contributed by atoms with van der Waals surface area (Å²) >= 11 is 0. The quantitative estimate of drug-likeness (QED) is 0.866. The Morgan fingerprint density at radius 2 is 1.68 bits per heavy atom. The van der Waals surface area contributed by atoms with E-state index in [9.17, 15) is 18.3 Å². The molecule has 0 amide bonds. The van der Waals surface area contributed by atoms with Crippen molar-refractivity contribution >= 4 is 21.7 Å². The Labute approximate surface area is 145 Å². The van der Waals surface area contributed by atoms with Gasteiger partial charge in [-0.25, -0.2) is 13.2 Å². The minimum Gasteiger partial charge on any atom is -0.486 e. The topological polar surface area (TPSA) is 102 Å². The number of rotatable bonds is 4. The van der Waals surface area contributed by atoms with E-state index in [1.807, 2.05) is 19.9 Å². The lowest BCUT2D eigenvalue weighted by atomic mass is 10.1. The molecule has 0 aliphatic carbocycles. The number of carboxylic acids is 1. The lowest BCUT2D eigenvalue weighted by molar-refractivity contribution is 0.0685. The number of carbonyl (C=O) groups is 1. The Kier molecular flexibility index (Phi) is 4.30. The fourth-order valence-corrected chi connectivity index (χ4v) is 3.77. The summed E-state index contributed by atoms with van der Waals surface area (Å²) in [5, 5.41) is 9.34. The van der Waals surface area contributed by atoms with Crippen LogP contribution in [0.15, 0.2) is 35.2 Å². The van der Waals surface area contributed by atoms with Gasteiger partial charge in [-0.2, -0.15) is 0 Å². The minimum absolute atomic E-state index is 0.0455. The average molecular weight is 363 g/mol. The zero-order chi connectivity index (χ0) is 18.2. The first kappa shape index (κ1) is 17.1. The van der Waals surface area contributed by atoms with Crippen LogP contribution in [0, 0.1) is 13.8 Å². The highest BCUT2D eigenvalue weighted by Crippen LogP contribution is 2.37. The van der Waals surface area contributed by atoms with Crippen LogP contribution in [0.25, 0.3) is 0 Å². The molecule has 0 atom stereocenters. The van der Waals surface area contributed by atoms with Gasteiger partial charge in [-0.05, 0) is 43.2 Å². The van der Waals surface area contributed by atoms with Crippen molar-refractivity contribution in [1.29, 1.82) is 0 Å². The molecule has 1 aliphatic rings. The summed E-state index contributed by atoms with van der Waals surface area (Å²) in [5.41, 5.74) is 1.97. The lowest BCUT2D eigenvalue weighted by Crippen LogP contribution is -2.20. The third-order valence-electron chi connectivity index (χ3n) is 3.63. The Bertz CT molecular complexity index is 932.